The molecule has 8 nitrogen and oxygen atoms in total. The Morgan fingerprint density at radius 3 is 1.24 bits per heavy atom. The fraction of sp³-hybridized carbons (Fsp3) is 0.811. The average Bonchev–Trinajstić information content (AvgIpc) is 3.25. The third kappa shape index (κ3) is 47.5. The molecule has 0 aliphatic rings. The first kappa shape index (κ1) is 60.0. The van der Waals surface area contributed by atoms with E-state index in [2.05, 4.69) is 62.5 Å². The van der Waals surface area contributed by atoms with Gasteiger partial charge in [-0.1, -0.05) is 229 Å². The van der Waals surface area contributed by atoms with Crippen molar-refractivity contribution in [3.8, 4) is 0 Å². The molecule has 0 heterocycles. The lowest BCUT2D eigenvalue weighted by molar-refractivity contribution is -0.161. The maximum absolute atomic E-state index is 12.6. The number of carbonyl (C=O) groups excluding carboxylic acids is 2. The van der Waals surface area contributed by atoms with E-state index in [1.807, 2.05) is 0 Å². The second-order valence-corrected chi connectivity index (χ2v) is 18.6. The van der Waals surface area contributed by atoms with Gasteiger partial charge in [0.1, 0.15) is 6.61 Å². The van der Waals surface area contributed by atoms with Crippen LogP contribution < -0.4 is 0 Å². The first-order valence-electron chi connectivity index (χ1n) is 25.9. The molecule has 0 fully saturated rings. The Balaban J connectivity index is 3.96. The van der Waals surface area contributed by atoms with Crippen molar-refractivity contribution in [1.82, 2.24) is 0 Å². The third-order valence-electron chi connectivity index (χ3n) is 11.1. The van der Waals surface area contributed by atoms with Crippen LogP contribution in [0.25, 0.3) is 0 Å². The Morgan fingerprint density at radius 1 is 0.452 bits per heavy atom. The fourth-order valence-corrected chi connectivity index (χ4v) is 8.14. The molecule has 0 aromatic heterocycles. The van der Waals surface area contributed by atoms with Crippen molar-refractivity contribution in [3.63, 3.8) is 0 Å². The van der Waals surface area contributed by atoms with Crippen LogP contribution in [0.2, 0.25) is 0 Å². The molecule has 62 heavy (non-hydrogen) atoms. The smallest absolute Gasteiger partial charge is 0.462 e. The number of ether oxygens (including phenoxy) is 2. The zero-order valence-corrected chi connectivity index (χ0v) is 41.4. The highest BCUT2D eigenvalue weighted by atomic mass is 31.2. The van der Waals surface area contributed by atoms with E-state index in [0.29, 0.717) is 12.8 Å². The molecule has 0 aliphatic heterocycles. The highest BCUT2D eigenvalue weighted by Gasteiger charge is 2.25. The molecule has 1 N–H and O–H groups in total. The van der Waals surface area contributed by atoms with Crippen LogP contribution in [0.15, 0.2) is 48.6 Å². The summed E-state index contributed by atoms with van der Waals surface area (Å²) in [6, 6.07) is 0. The molecular weight excluding hydrogens is 796 g/mol. The fourth-order valence-electron chi connectivity index (χ4n) is 7.39. The normalized spacial score (nSPS) is 13.5. The molecule has 0 saturated heterocycles. The standard InChI is InChI=1S/C53H97O8P/c1-4-7-9-11-13-15-17-19-21-23-25-26-27-28-30-31-33-35-37-39-41-43-45-47-52(54)58-49-51(50-60-62(56,57)59-6-3)61-53(55)48-46-44-42-40-38-36-34-32-29-24-22-20-18-16-14-12-10-8-5-2/h8,10,14,16,20,22,29,32,51H,4-7,9,11-13,15,17-19,21,23-28,30-31,33-50H2,1-3H3,(H,56,57)/b10-8-,16-14-,22-20-,32-29-. The monoisotopic (exact) mass is 893 g/mol. The lowest BCUT2D eigenvalue weighted by Crippen LogP contribution is -2.29. The number of hydrogen-bond acceptors (Lipinski definition) is 7. The second-order valence-electron chi connectivity index (χ2n) is 17.2. The van der Waals surface area contributed by atoms with Crippen LogP contribution >= 0.6 is 7.82 Å². The average molecular weight is 893 g/mol. The molecule has 0 aromatic carbocycles. The number of phosphoric ester groups is 1. The highest BCUT2D eigenvalue weighted by Crippen LogP contribution is 2.43. The SMILES string of the molecule is CC/C=C\C/C=C\C/C=C\C/C=C\CCCCCCCCC(=O)OC(COC(=O)CCCCCCCCCCCCCCCCCCCCCCCCC)COP(=O)(O)OCC. The molecule has 2 atom stereocenters. The van der Waals surface area contributed by atoms with E-state index in [1.54, 1.807) is 6.92 Å². The third-order valence-corrected chi connectivity index (χ3v) is 12.2. The Morgan fingerprint density at radius 2 is 0.823 bits per heavy atom. The summed E-state index contributed by atoms with van der Waals surface area (Å²) in [5, 5.41) is 0. The van der Waals surface area contributed by atoms with Gasteiger partial charge in [-0.3, -0.25) is 18.6 Å². The minimum atomic E-state index is -4.29. The van der Waals surface area contributed by atoms with Crippen molar-refractivity contribution in [1.29, 1.82) is 0 Å². The van der Waals surface area contributed by atoms with Gasteiger partial charge in [-0.2, -0.15) is 0 Å². The largest absolute Gasteiger partial charge is 0.472 e. The van der Waals surface area contributed by atoms with Gasteiger partial charge in [0.2, 0.25) is 0 Å². The highest BCUT2D eigenvalue weighted by molar-refractivity contribution is 7.47. The summed E-state index contributed by atoms with van der Waals surface area (Å²) in [6.45, 7) is 5.39. The number of unbranched alkanes of at least 4 members (excludes halogenated alkanes) is 28. The maximum Gasteiger partial charge on any atom is 0.472 e. The molecule has 0 amide bonds. The quantitative estimate of drug-likeness (QED) is 0.0278. The number of carbonyl (C=O) groups is 2. The molecule has 0 saturated carbocycles. The van der Waals surface area contributed by atoms with Crippen LogP contribution in [0.1, 0.15) is 252 Å². The number of esters is 2. The summed E-state index contributed by atoms with van der Waals surface area (Å²) in [5.41, 5.74) is 0. The lowest BCUT2D eigenvalue weighted by Gasteiger charge is -2.19. The van der Waals surface area contributed by atoms with Gasteiger partial charge < -0.3 is 14.4 Å². The molecule has 2 unspecified atom stereocenters. The van der Waals surface area contributed by atoms with Crippen molar-refractivity contribution in [2.75, 3.05) is 19.8 Å². The minimum absolute atomic E-state index is 0.00276. The number of phosphoric acid groups is 1. The molecule has 0 radical (unpaired) electrons. The van der Waals surface area contributed by atoms with Gasteiger partial charge in [-0.25, -0.2) is 4.57 Å². The van der Waals surface area contributed by atoms with Gasteiger partial charge in [0.15, 0.2) is 6.10 Å². The topological polar surface area (TPSA) is 108 Å². The maximum atomic E-state index is 12.6. The second kappa shape index (κ2) is 48.5. The molecular formula is C53H97O8P. The van der Waals surface area contributed by atoms with Gasteiger partial charge in [-0.15, -0.1) is 0 Å². The Kier molecular flexibility index (Phi) is 46.9. The van der Waals surface area contributed by atoms with E-state index in [0.717, 1.165) is 83.5 Å². The van der Waals surface area contributed by atoms with Crippen molar-refractivity contribution in [2.24, 2.45) is 0 Å². The summed E-state index contributed by atoms with van der Waals surface area (Å²) >= 11 is 0. The van der Waals surface area contributed by atoms with Gasteiger partial charge in [0, 0.05) is 12.8 Å². The van der Waals surface area contributed by atoms with E-state index in [1.165, 1.54) is 128 Å². The van der Waals surface area contributed by atoms with Crippen molar-refractivity contribution in [2.45, 2.75) is 258 Å². The summed E-state index contributed by atoms with van der Waals surface area (Å²) in [7, 11) is -4.29. The van der Waals surface area contributed by atoms with Gasteiger partial charge in [0.25, 0.3) is 0 Å². The van der Waals surface area contributed by atoms with Gasteiger partial charge in [-0.05, 0) is 58.3 Å². The molecule has 0 aliphatic carbocycles. The predicted molar refractivity (Wildman–Crippen MR) is 262 cm³/mol. The van der Waals surface area contributed by atoms with Crippen LogP contribution in [0, 0.1) is 0 Å². The van der Waals surface area contributed by atoms with Crippen molar-refractivity contribution >= 4 is 19.8 Å². The zero-order valence-electron chi connectivity index (χ0n) is 40.5. The lowest BCUT2D eigenvalue weighted by atomic mass is 10.0. The molecule has 0 bridgehead atoms. The Hall–Kier alpha value is -1.99. The van der Waals surface area contributed by atoms with Gasteiger partial charge in [0.05, 0.1) is 13.2 Å². The van der Waals surface area contributed by atoms with Crippen LogP contribution in [-0.2, 0) is 32.7 Å². The summed E-state index contributed by atoms with van der Waals surface area (Å²) < 4.78 is 32.8. The zero-order chi connectivity index (χ0) is 45.3. The molecule has 0 spiro atoms. The summed E-state index contributed by atoms with van der Waals surface area (Å²) in [4.78, 5) is 34.9. The number of hydrogen-bond donors (Lipinski definition) is 1. The summed E-state index contributed by atoms with van der Waals surface area (Å²) in [6.07, 6.45) is 58.9. The number of rotatable bonds is 48. The van der Waals surface area contributed by atoms with Gasteiger partial charge >= 0.3 is 19.8 Å². The predicted octanol–water partition coefficient (Wildman–Crippen LogP) is 16.9. The van der Waals surface area contributed by atoms with Crippen molar-refractivity contribution < 1.29 is 37.6 Å². The number of allylic oxidation sites excluding steroid dienone is 8. The first-order valence-corrected chi connectivity index (χ1v) is 27.4. The van der Waals surface area contributed by atoms with Crippen LogP contribution in [-0.4, -0.2) is 42.8 Å². The minimum Gasteiger partial charge on any atom is -0.462 e. The van der Waals surface area contributed by atoms with E-state index < -0.39 is 26.5 Å². The van der Waals surface area contributed by atoms with Crippen molar-refractivity contribution in [3.05, 3.63) is 48.6 Å². The van der Waals surface area contributed by atoms with E-state index in [4.69, 9.17) is 18.5 Å². The first-order chi connectivity index (χ1) is 30.3. The molecule has 362 valence electrons. The molecule has 0 rings (SSSR count). The van der Waals surface area contributed by atoms with Crippen LogP contribution in [0.5, 0.6) is 0 Å². The van der Waals surface area contributed by atoms with E-state index >= 15 is 0 Å². The summed E-state index contributed by atoms with van der Waals surface area (Å²) in [5.74, 6) is -0.804. The molecule has 9 heteroatoms. The molecule has 0 aromatic rings. The van der Waals surface area contributed by atoms with Crippen LogP contribution in [0.4, 0.5) is 0 Å². The van der Waals surface area contributed by atoms with E-state index in [9.17, 15) is 19.0 Å². The van der Waals surface area contributed by atoms with E-state index in [-0.39, 0.29) is 25.6 Å². The Labute approximate surface area is 382 Å². The Bertz CT molecular complexity index is 1150. The van der Waals surface area contributed by atoms with Crippen LogP contribution in [0.3, 0.4) is 0 Å².